The summed E-state index contributed by atoms with van der Waals surface area (Å²) in [6, 6.07) is 3.62. The predicted molar refractivity (Wildman–Crippen MR) is 80.8 cm³/mol. The molecule has 2 heterocycles. The van der Waals surface area contributed by atoms with Crippen LogP contribution in [0, 0.1) is 0 Å². The highest BCUT2D eigenvalue weighted by molar-refractivity contribution is 8.01. The minimum atomic E-state index is -3.13. The SMILES string of the molecule is CCS(=O)(=O)C1CSCCN1CC(=O)c1cccs1. The van der Waals surface area contributed by atoms with Crippen molar-refractivity contribution in [2.75, 3.05) is 30.3 Å². The molecule has 106 valence electrons. The molecule has 0 spiro atoms. The highest BCUT2D eigenvalue weighted by atomic mass is 32.2. The maximum atomic E-state index is 12.1. The molecule has 19 heavy (non-hydrogen) atoms. The molecular formula is C12H17NO3S3. The Morgan fingerprint density at radius 1 is 1.53 bits per heavy atom. The zero-order valence-electron chi connectivity index (χ0n) is 10.7. The molecule has 1 aromatic heterocycles. The number of thiophene rings is 1. The van der Waals surface area contributed by atoms with E-state index in [-0.39, 0.29) is 18.1 Å². The second kappa shape index (κ2) is 6.39. The van der Waals surface area contributed by atoms with Crippen LogP contribution in [0.1, 0.15) is 16.6 Å². The lowest BCUT2D eigenvalue weighted by molar-refractivity contribution is 0.0932. The van der Waals surface area contributed by atoms with Gasteiger partial charge in [-0.3, -0.25) is 9.69 Å². The second-order valence-electron chi connectivity index (χ2n) is 4.35. The predicted octanol–water partition coefficient (Wildman–Crippen LogP) is 1.74. The first-order chi connectivity index (χ1) is 9.04. The van der Waals surface area contributed by atoms with E-state index in [1.807, 2.05) is 16.3 Å². The van der Waals surface area contributed by atoms with Crippen LogP contribution in [0.2, 0.25) is 0 Å². The average molecular weight is 319 g/mol. The van der Waals surface area contributed by atoms with Crippen molar-refractivity contribution in [3.05, 3.63) is 22.4 Å². The lowest BCUT2D eigenvalue weighted by atomic mass is 10.3. The van der Waals surface area contributed by atoms with Crippen molar-refractivity contribution in [2.24, 2.45) is 0 Å². The molecule has 1 fully saturated rings. The molecule has 1 aromatic rings. The van der Waals surface area contributed by atoms with Crippen LogP contribution in [-0.4, -0.2) is 54.8 Å². The Labute approximate surface area is 122 Å². The van der Waals surface area contributed by atoms with Crippen molar-refractivity contribution in [1.82, 2.24) is 4.90 Å². The highest BCUT2D eigenvalue weighted by Crippen LogP contribution is 2.22. The van der Waals surface area contributed by atoms with Crippen LogP contribution in [-0.2, 0) is 9.84 Å². The number of hydrogen-bond acceptors (Lipinski definition) is 6. The molecule has 1 aliphatic heterocycles. The van der Waals surface area contributed by atoms with Gasteiger partial charge in [0.15, 0.2) is 15.6 Å². The smallest absolute Gasteiger partial charge is 0.186 e. The Hall–Kier alpha value is -0.370. The van der Waals surface area contributed by atoms with E-state index >= 15 is 0 Å². The van der Waals surface area contributed by atoms with E-state index in [1.54, 1.807) is 24.8 Å². The van der Waals surface area contributed by atoms with E-state index in [1.165, 1.54) is 11.3 Å². The summed E-state index contributed by atoms with van der Waals surface area (Å²) < 4.78 is 24.1. The summed E-state index contributed by atoms with van der Waals surface area (Å²) in [6.45, 7) is 2.52. The van der Waals surface area contributed by atoms with Gasteiger partial charge in [-0.25, -0.2) is 8.42 Å². The molecule has 7 heteroatoms. The monoisotopic (exact) mass is 319 g/mol. The summed E-state index contributed by atoms with van der Waals surface area (Å²) in [5.41, 5.74) is 0. The molecular weight excluding hydrogens is 302 g/mol. The molecule has 1 atom stereocenters. The third-order valence-electron chi connectivity index (χ3n) is 3.15. The van der Waals surface area contributed by atoms with E-state index in [2.05, 4.69) is 0 Å². The molecule has 1 aliphatic rings. The van der Waals surface area contributed by atoms with Gasteiger partial charge in [0.1, 0.15) is 5.37 Å². The zero-order chi connectivity index (χ0) is 13.9. The number of Topliss-reactive ketones (excluding diaryl/α,β-unsaturated/α-hetero) is 1. The zero-order valence-corrected chi connectivity index (χ0v) is 13.2. The maximum Gasteiger partial charge on any atom is 0.186 e. The van der Waals surface area contributed by atoms with Crippen molar-refractivity contribution < 1.29 is 13.2 Å². The van der Waals surface area contributed by atoms with E-state index in [9.17, 15) is 13.2 Å². The number of nitrogens with zero attached hydrogens (tertiary/aromatic N) is 1. The van der Waals surface area contributed by atoms with E-state index < -0.39 is 15.2 Å². The molecule has 0 aromatic carbocycles. The van der Waals surface area contributed by atoms with Crippen molar-refractivity contribution in [3.63, 3.8) is 0 Å². The first-order valence-corrected chi connectivity index (χ1v) is 9.89. The van der Waals surface area contributed by atoms with Crippen molar-refractivity contribution in [3.8, 4) is 0 Å². The van der Waals surface area contributed by atoms with Crippen LogP contribution in [0.15, 0.2) is 17.5 Å². The first kappa shape index (κ1) is 15.0. The Kier molecular flexibility index (Phi) is 5.05. The molecule has 0 bridgehead atoms. The number of carbonyl (C=O) groups is 1. The molecule has 0 saturated carbocycles. The van der Waals surface area contributed by atoms with Crippen molar-refractivity contribution in [1.29, 1.82) is 0 Å². The molecule has 2 rings (SSSR count). The molecule has 0 N–H and O–H groups in total. The van der Waals surface area contributed by atoms with Crippen molar-refractivity contribution in [2.45, 2.75) is 12.3 Å². The minimum Gasteiger partial charge on any atom is -0.292 e. The molecule has 1 saturated heterocycles. The van der Waals surface area contributed by atoms with Gasteiger partial charge < -0.3 is 0 Å². The van der Waals surface area contributed by atoms with Gasteiger partial charge in [0.05, 0.1) is 11.4 Å². The fraction of sp³-hybridized carbons (Fsp3) is 0.583. The first-order valence-electron chi connectivity index (χ1n) is 6.14. The van der Waals surface area contributed by atoms with Crippen molar-refractivity contribution >= 4 is 38.7 Å². The number of hydrogen-bond donors (Lipinski definition) is 0. The number of carbonyl (C=O) groups excluding carboxylic acids is 1. The number of ketones is 1. The van der Waals surface area contributed by atoms with Crippen LogP contribution < -0.4 is 0 Å². The Bertz CT molecular complexity index is 524. The molecule has 0 radical (unpaired) electrons. The number of sulfone groups is 1. The Morgan fingerprint density at radius 2 is 2.32 bits per heavy atom. The van der Waals surface area contributed by atoms with Crippen LogP contribution in [0.4, 0.5) is 0 Å². The summed E-state index contributed by atoms with van der Waals surface area (Å²) in [5.74, 6) is 1.58. The van der Waals surface area contributed by atoms with Gasteiger partial charge in [0.25, 0.3) is 0 Å². The third kappa shape index (κ3) is 3.59. The lowest BCUT2D eigenvalue weighted by Gasteiger charge is -2.33. The Balaban J connectivity index is 2.10. The highest BCUT2D eigenvalue weighted by Gasteiger charge is 2.33. The lowest BCUT2D eigenvalue weighted by Crippen LogP contribution is -2.49. The number of rotatable bonds is 5. The van der Waals surface area contributed by atoms with Gasteiger partial charge in [-0.15, -0.1) is 11.3 Å². The van der Waals surface area contributed by atoms with Crippen LogP contribution in [0.25, 0.3) is 0 Å². The van der Waals surface area contributed by atoms with E-state index in [0.29, 0.717) is 17.2 Å². The van der Waals surface area contributed by atoms with Gasteiger partial charge in [-0.05, 0) is 11.4 Å². The molecule has 0 aliphatic carbocycles. The maximum absolute atomic E-state index is 12.1. The van der Waals surface area contributed by atoms with Gasteiger partial charge in [-0.1, -0.05) is 13.0 Å². The van der Waals surface area contributed by atoms with Gasteiger partial charge in [0, 0.05) is 23.8 Å². The minimum absolute atomic E-state index is 0.0122. The fourth-order valence-electron chi connectivity index (χ4n) is 2.02. The largest absolute Gasteiger partial charge is 0.292 e. The molecule has 4 nitrogen and oxygen atoms in total. The average Bonchev–Trinajstić information content (AvgIpc) is 2.93. The third-order valence-corrected chi connectivity index (χ3v) is 7.39. The van der Waals surface area contributed by atoms with E-state index in [4.69, 9.17) is 0 Å². The Morgan fingerprint density at radius 3 is 2.95 bits per heavy atom. The fourth-order valence-corrected chi connectivity index (χ4v) is 5.76. The summed E-state index contributed by atoms with van der Waals surface area (Å²) >= 11 is 3.05. The molecule has 1 unspecified atom stereocenters. The normalized spacial score (nSPS) is 21.4. The topological polar surface area (TPSA) is 54.5 Å². The van der Waals surface area contributed by atoms with E-state index in [0.717, 1.165) is 5.75 Å². The molecule has 0 amide bonds. The van der Waals surface area contributed by atoms with Gasteiger partial charge in [0.2, 0.25) is 0 Å². The second-order valence-corrected chi connectivity index (χ2v) is 8.90. The summed E-state index contributed by atoms with van der Waals surface area (Å²) in [6.07, 6.45) is 0. The number of thioether (sulfide) groups is 1. The van der Waals surface area contributed by atoms with Crippen LogP contribution >= 0.6 is 23.1 Å². The van der Waals surface area contributed by atoms with Crippen LogP contribution in [0.5, 0.6) is 0 Å². The summed E-state index contributed by atoms with van der Waals surface area (Å²) in [7, 11) is -3.13. The van der Waals surface area contributed by atoms with Crippen LogP contribution in [0.3, 0.4) is 0 Å². The standard InChI is InChI=1S/C12H17NO3S3/c1-2-19(15,16)12-9-17-7-5-13(12)8-10(14)11-4-3-6-18-11/h3-4,6,12H,2,5,7-9H2,1H3. The van der Waals surface area contributed by atoms with Gasteiger partial charge in [-0.2, -0.15) is 11.8 Å². The summed E-state index contributed by atoms with van der Waals surface area (Å²) in [4.78, 5) is 14.6. The summed E-state index contributed by atoms with van der Waals surface area (Å²) in [5, 5.41) is 1.35. The quantitative estimate of drug-likeness (QED) is 0.774. The van der Waals surface area contributed by atoms with Gasteiger partial charge >= 0.3 is 0 Å².